The summed E-state index contributed by atoms with van der Waals surface area (Å²) in [6, 6.07) is 0.0892. The fraction of sp³-hybridized carbons (Fsp3) is 0.933. The van der Waals surface area contributed by atoms with Crippen LogP contribution in [-0.2, 0) is 4.79 Å². The van der Waals surface area contributed by atoms with Crippen molar-refractivity contribution in [3.05, 3.63) is 0 Å². The van der Waals surface area contributed by atoms with Gasteiger partial charge in [-0.1, -0.05) is 117 Å². The van der Waals surface area contributed by atoms with Gasteiger partial charge in [-0.3, -0.25) is 4.79 Å². The smallest absolute Gasteiger partial charge is 0.320 e. The van der Waals surface area contributed by atoms with E-state index in [0.717, 1.165) is 51.6 Å². The van der Waals surface area contributed by atoms with Crippen LogP contribution in [0.1, 0.15) is 155 Å². The lowest BCUT2D eigenvalue weighted by molar-refractivity contribution is -0.130. The molecule has 5 nitrogen and oxygen atoms in total. The Balaban J connectivity index is 1.90. The second kappa shape index (κ2) is 22.0. The number of urea groups is 1. The Kier molecular flexibility index (Phi) is 19.9. The topological polar surface area (TPSA) is 52.7 Å². The van der Waals surface area contributed by atoms with E-state index in [4.69, 9.17) is 0 Å². The number of carbonyl (C=O) groups is 2. The number of hydrogen-bond donors (Lipinski definition) is 1. The van der Waals surface area contributed by atoms with Gasteiger partial charge in [0.2, 0.25) is 5.91 Å². The van der Waals surface area contributed by atoms with Gasteiger partial charge in [0.25, 0.3) is 0 Å². The molecule has 1 heterocycles. The van der Waals surface area contributed by atoms with Crippen LogP contribution < -0.4 is 5.32 Å². The first kappa shape index (κ1) is 31.8. The standard InChI is InChI=1S/C30H59N3O2/c1-4-6-8-9-10-11-12-13-14-15-16-17-18-19-21-24-28-31-30(35)33(28)27-23-20-22-25-29(34)32(3)26-7-5-2/h28H,4-27H2,1-3H3,(H,31,35). The SMILES string of the molecule is CCCCCCCCCCCCCCCCCC1NC(=O)N1CCCCCC(=O)N(C)CCCC. The maximum Gasteiger partial charge on any atom is 0.320 e. The number of carbonyl (C=O) groups excluding carboxylic acids is 2. The molecule has 0 aromatic heterocycles. The van der Waals surface area contributed by atoms with Gasteiger partial charge in [0.15, 0.2) is 0 Å². The van der Waals surface area contributed by atoms with Crippen LogP contribution in [0.25, 0.3) is 0 Å². The quantitative estimate of drug-likeness (QED) is 0.130. The van der Waals surface area contributed by atoms with Gasteiger partial charge in [-0.05, 0) is 32.1 Å². The van der Waals surface area contributed by atoms with Crippen molar-refractivity contribution < 1.29 is 9.59 Å². The van der Waals surface area contributed by atoms with Crippen molar-refractivity contribution in [2.45, 2.75) is 161 Å². The van der Waals surface area contributed by atoms with E-state index in [9.17, 15) is 9.59 Å². The first-order valence-corrected chi connectivity index (χ1v) is 15.4. The molecule has 1 aliphatic rings. The lowest BCUT2D eigenvalue weighted by Gasteiger charge is -2.42. The molecule has 0 radical (unpaired) electrons. The summed E-state index contributed by atoms with van der Waals surface area (Å²) in [5.74, 6) is 0.256. The van der Waals surface area contributed by atoms with Crippen molar-refractivity contribution in [2.24, 2.45) is 0 Å². The van der Waals surface area contributed by atoms with Crippen LogP contribution in [0.2, 0.25) is 0 Å². The summed E-state index contributed by atoms with van der Waals surface area (Å²) in [7, 11) is 1.91. The van der Waals surface area contributed by atoms with Crippen LogP contribution in [0.4, 0.5) is 4.79 Å². The maximum absolute atomic E-state index is 12.1. The van der Waals surface area contributed by atoms with Gasteiger partial charge in [-0.15, -0.1) is 0 Å². The molecule has 0 saturated carbocycles. The van der Waals surface area contributed by atoms with E-state index in [2.05, 4.69) is 19.2 Å². The molecule has 1 saturated heterocycles. The minimum Gasteiger partial charge on any atom is -0.346 e. The van der Waals surface area contributed by atoms with Crippen LogP contribution in [0, 0.1) is 0 Å². The molecule has 206 valence electrons. The Morgan fingerprint density at radius 2 is 1.20 bits per heavy atom. The first-order valence-electron chi connectivity index (χ1n) is 15.4. The fourth-order valence-electron chi connectivity index (χ4n) is 5.02. The molecule has 0 aromatic rings. The Hall–Kier alpha value is -1.26. The van der Waals surface area contributed by atoms with Crippen LogP contribution in [0.15, 0.2) is 0 Å². The summed E-state index contributed by atoms with van der Waals surface area (Å²) in [4.78, 5) is 27.9. The van der Waals surface area contributed by atoms with Gasteiger partial charge in [-0.25, -0.2) is 4.79 Å². The van der Waals surface area contributed by atoms with E-state index in [0.29, 0.717) is 6.42 Å². The second-order valence-corrected chi connectivity index (χ2v) is 10.9. The number of rotatable bonds is 25. The van der Waals surface area contributed by atoms with Crippen molar-refractivity contribution in [1.29, 1.82) is 0 Å². The highest BCUT2D eigenvalue weighted by molar-refractivity contribution is 5.80. The predicted octanol–water partition coefficient (Wildman–Crippen LogP) is 8.42. The van der Waals surface area contributed by atoms with Crippen molar-refractivity contribution in [3.8, 4) is 0 Å². The first-order chi connectivity index (χ1) is 17.1. The monoisotopic (exact) mass is 493 g/mol. The number of unbranched alkanes of at least 4 members (excludes halogenated alkanes) is 17. The van der Waals surface area contributed by atoms with Crippen molar-refractivity contribution in [3.63, 3.8) is 0 Å². The molecule has 1 atom stereocenters. The lowest BCUT2D eigenvalue weighted by Crippen LogP contribution is -2.65. The molecule has 1 fully saturated rings. The summed E-state index contributed by atoms with van der Waals surface area (Å²) in [5.41, 5.74) is 0. The molecular weight excluding hydrogens is 434 g/mol. The molecule has 1 N–H and O–H groups in total. The van der Waals surface area contributed by atoms with Gasteiger partial charge < -0.3 is 15.1 Å². The largest absolute Gasteiger partial charge is 0.346 e. The number of nitrogens with one attached hydrogen (secondary N) is 1. The summed E-state index contributed by atoms with van der Waals surface area (Å²) in [6.07, 6.45) is 27.9. The highest BCUT2D eigenvalue weighted by atomic mass is 16.2. The summed E-state index contributed by atoms with van der Waals surface area (Å²) >= 11 is 0. The third kappa shape index (κ3) is 16.2. The minimum atomic E-state index is 0.0892. The molecule has 0 aromatic carbocycles. The highest BCUT2D eigenvalue weighted by Crippen LogP contribution is 2.19. The summed E-state index contributed by atoms with van der Waals surface area (Å²) in [5, 5.41) is 3.06. The van der Waals surface area contributed by atoms with Gasteiger partial charge >= 0.3 is 6.03 Å². The van der Waals surface area contributed by atoms with E-state index in [1.165, 1.54) is 96.3 Å². The maximum atomic E-state index is 12.1. The molecule has 1 aliphatic heterocycles. The highest BCUT2D eigenvalue weighted by Gasteiger charge is 2.33. The molecule has 0 aliphatic carbocycles. The van der Waals surface area contributed by atoms with Gasteiger partial charge in [0, 0.05) is 26.6 Å². The molecule has 1 rings (SSSR count). The number of amides is 3. The van der Waals surface area contributed by atoms with Crippen LogP contribution in [0.5, 0.6) is 0 Å². The van der Waals surface area contributed by atoms with Crippen LogP contribution in [-0.4, -0.2) is 48.0 Å². The molecular formula is C30H59N3O2. The third-order valence-corrected chi connectivity index (χ3v) is 7.57. The minimum absolute atomic E-state index is 0.0892. The van der Waals surface area contributed by atoms with E-state index >= 15 is 0 Å². The zero-order valence-corrected chi connectivity index (χ0v) is 23.8. The van der Waals surface area contributed by atoms with Gasteiger partial charge in [-0.2, -0.15) is 0 Å². The third-order valence-electron chi connectivity index (χ3n) is 7.57. The van der Waals surface area contributed by atoms with Crippen LogP contribution >= 0.6 is 0 Å². The van der Waals surface area contributed by atoms with Gasteiger partial charge in [0.1, 0.15) is 6.17 Å². The van der Waals surface area contributed by atoms with Crippen molar-refractivity contribution >= 4 is 11.9 Å². The fourth-order valence-corrected chi connectivity index (χ4v) is 5.02. The summed E-state index contributed by atoms with van der Waals surface area (Å²) in [6.45, 7) is 6.13. The molecule has 5 heteroatoms. The number of hydrogen-bond acceptors (Lipinski definition) is 2. The molecule has 35 heavy (non-hydrogen) atoms. The van der Waals surface area contributed by atoms with E-state index in [1.807, 2.05) is 16.8 Å². The number of nitrogens with zero attached hydrogens (tertiary/aromatic N) is 2. The lowest BCUT2D eigenvalue weighted by atomic mass is 10.0. The molecule has 0 spiro atoms. The van der Waals surface area contributed by atoms with Crippen molar-refractivity contribution in [2.75, 3.05) is 20.1 Å². The zero-order chi connectivity index (χ0) is 25.6. The van der Waals surface area contributed by atoms with E-state index < -0.39 is 0 Å². The van der Waals surface area contributed by atoms with Crippen molar-refractivity contribution in [1.82, 2.24) is 15.1 Å². The Labute approximate surface area is 218 Å². The molecule has 1 unspecified atom stereocenters. The molecule has 0 bridgehead atoms. The average molecular weight is 494 g/mol. The van der Waals surface area contributed by atoms with E-state index in [-0.39, 0.29) is 18.1 Å². The predicted molar refractivity (Wildman–Crippen MR) is 150 cm³/mol. The average Bonchev–Trinajstić information content (AvgIpc) is 2.85. The Bertz CT molecular complexity index is 526. The van der Waals surface area contributed by atoms with Gasteiger partial charge in [0.05, 0.1) is 0 Å². The van der Waals surface area contributed by atoms with E-state index in [1.54, 1.807) is 0 Å². The zero-order valence-electron chi connectivity index (χ0n) is 23.8. The summed E-state index contributed by atoms with van der Waals surface area (Å²) < 4.78 is 0. The van der Waals surface area contributed by atoms with Crippen LogP contribution in [0.3, 0.4) is 0 Å². The Morgan fingerprint density at radius 3 is 1.71 bits per heavy atom. The second-order valence-electron chi connectivity index (χ2n) is 10.9. The normalized spacial score (nSPS) is 15.2. The Morgan fingerprint density at radius 1 is 0.714 bits per heavy atom. The molecule has 3 amide bonds.